The van der Waals surface area contributed by atoms with Gasteiger partial charge in [0.1, 0.15) is 17.2 Å². The second-order valence-electron chi connectivity index (χ2n) is 6.02. The number of anilines is 1. The molecule has 0 spiro atoms. The van der Waals surface area contributed by atoms with Crippen LogP contribution < -0.4 is 10.6 Å². The summed E-state index contributed by atoms with van der Waals surface area (Å²) in [6.07, 6.45) is 1.58. The Bertz CT molecular complexity index is 744. The molecule has 3 N–H and O–H groups in total. The highest BCUT2D eigenvalue weighted by molar-refractivity contribution is 5.89. The number of carbonyl (C=O) groups excluding carboxylic acids is 1. The van der Waals surface area contributed by atoms with Gasteiger partial charge in [0.15, 0.2) is 5.82 Å². The maximum Gasteiger partial charge on any atom is 0.320 e. The minimum Gasteiger partial charge on any atom is -0.384 e. The number of aliphatic hydroxyl groups is 1. The van der Waals surface area contributed by atoms with Crippen LogP contribution in [-0.2, 0) is 5.60 Å². The third-order valence-electron chi connectivity index (χ3n) is 3.60. The Morgan fingerprint density at radius 2 is 2.08 bits per heavy atom. The van der Waals surface area contributed by atoms with E-state index >= 15 is 0 Å². The normalized spacial score (nSPS) is 13.2. The fraction of sp³-hybridized carbons (Fsp3) is 0.353. The smallest absolute Gasteiger partial charge is 0.320 e. The molecule has 1 unspecified atom stereocenters. The third-order valence-corrected chi connectivity index (χ3v) is 3.60. The molecule has 0 saturated carbocycles. The van der Waals surface area contributed by atoms with Gasteiger partial charge in [-0.1, -0.05) is 30.3 Å². The lowest BCUT2D eigenvalue weighted by molar-refractivity contribution is 0.0599. The Morgan fingerprint density at radius 3 is 2.67 bits per heavy atom. The predicted molar refractivity (Wildman–Crippen MR) is 90.4 cm³/mol. The fourth-order valence-electron chi connectivity index (χ4n) is 2.13. The van der Waals surface area contributed by atoms with Crippen LogP contribution in [0.15, 0.2) is 36.5 Å². The summed E-state index contributed by atoms with van der Waals surface area (Å²) in [5.74, 6) is 0.197. The lowest BCUT2D eigenvalue weighted by atomic mass is 9.96. The lowest BCUT2D eigenvalue weighted by Crippen LogP contribution is -2.40. The number of carbonyl (C=O) groups is 1. The zero-order valence-corrected chi connectivity index (χ0v) is 13.9. The quantitative estimate of drug-likeness (QED) is 0.784. The molecule has 1 aromatic heterocycles. The molecule has 0 aliphatic rings. The van der Waals surface area contributed by atoms with E-state index in [9.17, 15) is 9.90 Å². The average molecular weight is 327 g/mol. The van der Waals surface area contributed by atoms with Crippen LogP contribution in [0.5, 0.6) is 0 Å². The molecule has 0 aliphatic carbocycles. The van der Waals surface area contributed by atoms with E-state index in [1.807, 2.05) is 38.1 Å². The largest absolute Gasteiger partial charge is 0.384 e. The molecule has 0 bridgehead atoms. The van der Waals surface area contributed by atoms with Crippen LogP contribution in [-0.4, -0.2) is 27.5 Å². The van der Waals surface area contributed by atoms with Crippen molar-refractivity contribution in [3.8, 4) is 6.07 Å². The molecule has 2 rings (SSSR count). The van der Waals surface area contributed by atoms with Crippen LogP contribution in [0, 0.1) is 11.3 Å². The first-order valence-electron chi connectivity index (χ1n) is 7.65. The molecule has 126 valence electrons. The van der Waals surface area contributed by atoms with E-state index in [4.69, 9.17) is 5.26 Å². The topological polar surface area (TPSA) is 103 Å². The highest BCUT2D eigenvalue weighted by Gasteiger charge is 2.24. The van der Waals surface area contributed by atoms with Crippen molar-refractivity contribution in [3.05, 3.63) is 47.7 Å². The summed E-state index contributed by atoms with van der Waals surface area (Å²) in [6.45, 7) is 5.50. The first-order valence-corrected chi connectivity index (χ1v) is 7.65. The molecule has 24 heavy (non-hydrogen) atoms. The number of amides is 2. The Labute approximate surface area is 140 Å². The van der Waals surface area contributed by atoms with Crippen molar-refractivity contribution in [2.24, 2.45) is 0 Å². The van der Waals surface area contributed by atoms with Gasteiger partial charge in [-0.25, -0.2) is 4.79 Å². The number of nitrogens with one attached hydrogen (secondary N) is 2. The van der Waals surface area contributed by atoms with Crippen LogP contribution in [0.4, 0.5) is 10.6 Å². The molecule has 2 aromatic rings. The molecule has 7 heteroatoms. The summed E-state index contributed by atoms with van der Waals surface area (Å²) >= 11 is 0. The molecule has 0 saturated heterocycles. The highest BCUT2D eigenvalue weighted by Crippen LogP contribution is 2.19. The van der Waals surface area contributed by atoms with E-state index in [2.05, 4.69) is 15.7 Å². The number of benzene rings is 1. The summed E-state index contributed by atoms with van der Waals surface area (Å²) in [6, 6.07) is 10.6. The van der Waals surface area contributed by atoms with Gasteiger partial charge in [0, 0.05) is 12.2 Å². The van der Waals surface area contributed by atoms with E-state index in [0.717, 1.165) is 0 Å². The molecular weight excluding hydrogens is 306 g/mol. The van der Waals surface area contributed by atoms with Gasteiger partial charge in [0.2, 0.25) is 0 Å². The molecule has 0 aliphatic heterocycles. The molecule has 1 atom stereocenters. The van der Waals surface area contributed by atoms with Crippen LogP contribution in [0.3, 0.4) is 0 Å². The monoisotopic (exact) mass is 327 g/mol. The number of hydrogen-bond acceptors (Lipinski definition) is 4. The number of urea groups is 1. The van der Waals surface area contributed by atoms with E-state index in [1.165, 1.54) is 0 Å². The zero-order valence-electron chi connectivity index (χ0n) is 13.9. The van der Waals surface area contributed by atoms with Crippen molar-refractivity contribution in [2.75, 3.05) is 11.9 Å². The third kappa shape index (κ3) is 4.12. The van der Waals surface area contributed by atoms with Gasteiger partial charge in [-0.05, 0) is 26.3 Å². The minimum absolute atomic E-state index is 0.0234. The Balaban J connectivity index is 2.00. The van der Waals surface area contributed by atoms with Gasteiger partial charge < -0.3 is 10.4 Å². The highest BCUT2D eigenvalue weighted by atomic mass is 16.3. The molecule has 2 amide bonds. The Hall–Kier alpha value is -2.85. The predicted octanol–water partition coefficient (Wildman–Crippen LogP) is 2.36. The van der Waals surface area contributed by atoms with Crippen molar-refractivity contribution < 1.29 is 9.90 Å². The zero-order chi connectivity index (χ0) is 17.7. The van der Waals surface area contributed by atoms with Gasteiger partial charge >= 0.3 is 6.03 Å². The van der Waals surface area contributed by atoms with Crippen LogP contribution in [0.25, 0.3) is 0 Å². The number of hydrogen-bond donors (Lipinski definition) is 3. The van der Waals surface area contributed by atoms with Crippen LogP contribution >= 0.6 is 0 Å². The maximum atomic E-state index is 12.0. The summed E-state index contributed by atoms with van der Waals surface area (Å²) in [5.41, 5.74) is -0.214. The standard InChI is InChI=1S/C17H21N5O2/c1-12(2)22-10-13(9-18)15(21-22)20-16(23)19-11-17(3,24)14-7-5-4-6-8-14/h4-8,10,12,24H,11H2,1-3H3,(H2,19,20,21,23). The fourth-order valence-corrected chi connectivity index (χ4v) is 2.13. The second-order valence-corrected chi connectivity index (χ2v) is 6.02. The van der Waals surface area contributed by atoms with Crippen LogP contribution in [0.2, 0.25) is 0 Å². The summed E-state index contributed by atoms with van der Waals surface area (Å²) in [7, 11) is 0. The van der Waals surface area contributed by atoms with E-state index in [1.54, 1.807) is 29.9 Å². The Kier molecular flexibility index (Phi) is 5.21. The second kappa shape index (κ2) is 7.15. The molecular formula is C17H21N5O2. The number of nitriles is 1. The molecule has 1 aromatic carbocycles. The van der Waals surface area contributed by atoms with Gasteiger partial charge in [-0.3, -0.25) is 10.00 Å². The van der Waals surface area contributed by atoms with Gasteiger partial charge in [-0.15, -0.1) is 0 Å². The molecule has 0 fully saturated rings. The van der Waals surface area contributed by atoms with Crippen molar-refractivity contribution in [3.63, 3.8) is 0 Å². The lowest BCUT2D eigenvalue weighted by Gasteiger charge is -2.24. The van der Waals surface area contributed by atoms with Crippen molar-refractivity contribution in [1.82, 2.24) is 15.1 Å². The SMILES string of the molecule is CC(C)n1cc(C#N)c(NC(=O)NCC(C)(O)c2ccccc2)n1. The van der Waals surface area contributed by atoms with E-state index < -0.39 is 11.6 Å². The number of aromatic nitrogens is 2. The Morgan fingerprint density at radius 1 is 1.42 bits per heavy atom. The van der Waals surface area contributed by atoms with E-state index in [0.29, 0.717) is 5.56 Å². The molecule has 0 radical (unpaired) electrons. The minimum atomic E-state index is -1.20. The van der Waals surface area contributed by atoms with Crippen molar-refractivity contribution >= 4 is 11.8 Å². The maximum absolute atomic E-state index is 12.0. The van der Waals surface area contributed by atoms with Gasteiger partial charge in [-0.2, -0.15) is 10.4 Å². The van der Waals surface area contributed by atoms with Crippen LogP contribution in [0.1, 0.15) is 37.9 Å². The summed E-state index contributed by atoms with van der Waals surface area (Å²) < 4.78 is 1.61. The first-order chi connectivity index (χ1) is 11.3. The van der Waals surface area contributed by atoms with Gasteiger partial charge in [0.25, 0.3) is 0 Å². The summed E-state index contributed by atoms with van der Waals surface area (Å²) in [4.78, 5) is 12.0. The van der Waals surface area contributed by atoms with Crippen molar-refractivity contribution in [2.45, 2.75) is 32.4 Å². The number of rotatable bonds is 5. The van der Waals surface area contributed by atoms with Gasteiger partial charge in [0.05, 0.1) is 6.54 Å². The molecule has 1 heterocycles. The van der Waals surface area contributed by atoms with E-state index in [-0.39, 0.29) is 24.0 Å². The average Bonchev–Trinajstić information content (AvgIpc) is 2.97. The molecule has 7 nitrogen and oxygen atoms in total. The summed E-state index contributed by atoms with van der Waals surface area (Å²) in [5, 5.41) is 28.9. The number of nitrogens with zero attached hydrogens (tertiary/aromatic N) is 3. The first kappa shape index (κ1) is 17.5. The van der Waals surface area contributed by atoms with Crippen molar-refractivity contribution in [1.29, 1.82) is 5.26 Å².